The molecule has 0 aromatic rings. The molecule has 0 aromatic carbocycles. The highest BCUT2D eigenvalue weighted by Gasteiger charge is 2.46. The fraction of sp³-hybridized carbons (Fsp3) is 0.926. The summed E-state index contributed by atoms with van der Waals surface area (Å²) in [4.78, 5) is 30.0. The smallest absolute Gasteiger partial charge is 0.233 e. The van der Waals surface area contributed by atoms with Crippen molar-refractivity contribution in [2.45, 2.75) is 136 Å². The quantitative estimate of drug-likeness (QED) is 0.229. The maximum Gasteiger partial charge on any atom is 0.233 e. The van der Waals surface area contributed by atoms with Crippen LogP contribution < -0.4 is 0 Å². The second kappa shape index (κ2) is 13.0. The van der Waals surface area contributed by atoms with Crippen LogP contribution in [0.2, 0.25) is 0 Å². The number of likely N-dealkylation sites (tertiary alicyclic amines) is 2. The third-order valence-electron chi connectivity index (χ3n) is 7.46. The van der Waals surface area contributed by atoms with Gasteiger partial charge in [-0.2, -0.15) is 0 Å². The Hall–Kier alpha value is -0.900. The number of hydrogen-bond acceptors (Lipinski definition) is 3. The van der Waals surface area contributed by atoms with Crippen LogP contribution in [0.1, 0.15) is 125 Å². The van der Waals surface area contributed by atoms with E-state index in [4.69, 9.17) is 0 Å². The largest absolute Gasteiger partial charge is 0.298 e. The number of carbonyl (C=O) groups excluding carboxylic acids is 2. The normalized spacial score (nSPS) is 24.5. The molecule has 0 radical (unpaired) electrons. The third-order valence-corrected chi connectivity index (χ3v) is 7.46. The Kier molecular flexibility index (Phi) is 11.0. The topological polar surface area (TPSA) is 40.6 Å². The predicted molar refractivity (Wildman–Crippen MR) is 130 cm³/mol. The molecule has 0 bridgehead atoms. The van der Waals surface area contributed by atoms with Gasteiger partial charge in [0.05, 0.1) is 0 Å². The van der Waals surface area contributed by atoms with Gasteiger partial charge in [-0.15, -0.1) is 0 Å². The molecule has 180 valence electrons. The maximum absolute atomic E-state index is 13.1. The summed E-state index contributed by atoms with van der Waals surface area (Å²) in [5.74, 6) is 0.786. The van der Waals surface area contributed by atoms with Gasteiger partial charge in [0.15, 0.2) is 0 Å². The number of unbranched alkanes of at least 4 members (excludes halogenated alkanes) is 9. The highest BCUT2D eigenvalue weighted by molar-refractivity contribution is 6.03. The van der Waals surface area contributed by atoms with E-state index in [0.717, 1.165) is 38.8 Å². The molecule has 31 heavy (non-hydrogen) atoms. The van der Waals surface area contributed by atoms with Crippen LogP contribution in [0.25, 0.3) is 0 Å². The summed E-state index contributed by atoms with van der Waals surface area (Å²) in [6.45, 7) is 13.4. The second-order valence-corrected chi connectivity index (χ2v) is 11.3. The number of carbonyl (C=O) groups is 2. The van der Waals surface area contributed by atoms with Crippen molar-refractivity contribution in [3.05, 3.63) is 0 Å². The van der Waals surface area contributed by atoms with Crippen molar-refractivity contribution < 1.29 is 9.59 Å². The SMILES string of the molecule is CCCCCCCCCCCCC1CC(=O)N(C2CCN(CC(C)C)C(C)(C)C2)C1=O. The molecule has 2 unspecified atom stereocenters. The fourth-order valence-corrected chi connectivity index (χ4v) is 5.62. The molecule has 2 saturated heterocycles. The van der Waals surface area contributed by atoms with Crippen LogP contribution in [-0.2, 0) is 9.59 Å². The Balaban J connectivity index is 1.69. The van der Waals surface area contributed by atoms with Gasteiger partial charge in [0.1, 0.15) is 0 Å². The summed E-state index contributed by atoms with van der Waals surface area (Å²) in [6, 6.07) is 0.0936. The van der Waals surface area contributed by atoms with Crippen molar-refractivity contribution in [1.82, 2.24) is 9.80 Å². The van der Waals surface area contributed by atoms with E-state index in [0.29, 0.717) is 12.3 Å². The summed E-state index contributed by atoms with van der Waals surface area (Å²) in [5, 5.41) is 0. The van der Waals surface area contributed by atoms with Crippen LogP contribution in [0, 0.1) is 11.8 Å². The average molecular weight is 435 g/mol. The van der Waals surface area contributed by atoms with E-state index in [-0.39, 0.29) is 29.3 Å². The first-order chi connectivity index (χ1) is 14.8. The van der Waals surface area contributed by atoms with Gasteiger partial charge in [-0.3, -0.25) is 19.4 Å². The van der Waals surface area contributed by atoms with Crippen LogP contribution in [0.4, 0.5) is 0 Å². The molecule has 0 aliphatic carbocycles. The van der Waals surface area contributed by atoms with Gasteiger partial charge < -0.3 is 0 Å². The summed E-state index contributed by atoms with van der Waals surface area (Å²) in [6.07, 6.45) is 16.2. The Bertz CT molecular complexity index is 557. The van der Waals surface area contributed by atoms with Gasteiger partial charge in [0.2, 0.25) is 11.8 Å². The highest BCUT2D eigenvalue weighted by Crippen LogP contribution is 2.35. The molecule has 4 heteroatoms. The van der Waals surface area contributed by atoms with E-state index >= 15 is 0 Å². The molecule has 2 heterocycles. The number of rotatable bonds is 14. The van der Waals surface area contributed by atoms with Gasteiger partial charge in [-0.05, 0) is 39.0 Å². The monoisotopic (exact) mass is 434 g/mol. The lowest BCUT2D eigenvalue weighted by molar-refractivity contribution is -0.144. The lowest BCUT2D eigenvalue weighted by Gasteiger charge is -2.48. The Labute approximate surface area is 192 Å². The number of imide groups is 1. The summed E-state index contributed by atoms with van der Waals surface area (Å²) in [7, 11) is 0. The number of amides is 2. The van der Waals surface area contributed by atoms with Gasteiger partial charge in [0, 0.05) is 37.0 Å². The van der Waals surface area contributed by atoms with E-state index in [1.165, 1.54) is 57.8 Å². The molecule has 2 aliphatic heterocycles. The van der Waals surface area contributed by atoms with Crippen LogP contribution >= 0.6 is 0 Å². The minimum Gasteiger partial charge on any atom is -0.298 e. The molecule has 2 rings (SSSR count). The summed E-state index contributed by atoms with van der Waals surface area (Å²) < 4.78 is 0. The molecule has 0 N–H and O–H groups in total. The maximum atomic E-state index is 13.1. The number of piperidine rings is 1. The van der Waals surface area contributed by atoms with E-state index in [1.54, 1.807) is 4.90 Å². The van der Waals surface area contributed by atoms with Crippen molar-refractivity contribution in [1.29, 1.82) is 0 Å². The predicted octanol–water partition coefficient (Wildman–Crippen LogP) is 6.57. The molecule has 0 aromatic heterocycles. The third kappa shape index (κ3) is 8.18. The molecule has 2 atom stereocenters. The first kappa shape index (κ1) is 26.4. The first-order valence-corrected chi connectivity index (χ1v) is 13.4. The Morgan fingerprint density at radius 1 is 0.935 bits per heavy atom. The van der Waals surface area contributed by atoms with Crippen LogP contribution in [-0.4, -0.2) is 46.3 Å². The van der Waals surface area contributed by atoms with Crippen molar-refractivity contribution in [3.63, 3.8) is 0 Å². The van der Waals surface area contributed by atoms with Gasteiger partial charge >= 0.3 is 0 Å². The fourth-order valence-electron chi connectivity index (χ4n) is 5.62. The molecule has 2 fully saturated rings. The molecule has 2 aliphatic rings. The zero-order valence-corrected chi connectivity index (χ0v) is 21.3. The van der Waals surface area contributed by atoms with Crippen LogP contribution in [0.3, 0.4) is 0 Å². The molecular formula is C27H50N2O2. The minimum absolute atomic E-state index is 0.0440. The zero-order chi connectivity index (χ0) is 22.9. The first-order valence-electron chi connectivity index (χ1n) is 13.4. The number of hydrogen-bond donors (Lipinski definition) is 0. The van der Waals surface area contributed by atoms with Crippen molar-refractivity contribution >= 4 is 11.8 Å². The van der Waals surface area contributed by atoms with E-state index in [1.807, 2.05) is 0 Å². The average Bonchev–Trinajstić information content (AvgIpc) is 2.98. The summed E-state index contributed by atoms with van der Waals surface area (Å²) in [5.41, 5.74) is 0.0440. The Morgan fingerprint density at radius 2 is 1.52 bits per heavy atom. The standard InChI is InChI=1S/C27H50N2O2/c1-6-7-8-9-10-11-12-13-14-15-16-23-19-25(30)29(26(23)31)24-17-18-28(21-22(2)3)27(4,5)20-24/h22-24H,6-21H2,1-5H3. The van der Waals surface area contributed by atoms with Crippen LogP contribution in [0.15, 0.2) is 0 Å². The molecule has 4 nitrogen and oxygen atoms in total. The minimum atomic E-state index is -0.0571. The van der Waals surface area contributed by atoms with Crippen molar-refractivity contribution in [2.75, 3.05) is 13.1 Å². The molecule has 2 amide bonds. The van der Waals surface area contributed by atoms with E-state index in [2.05, 4.69) is 39.5 Å². The molecule has 0 spiro atoms. The van der Waals surface area contributed by atoms with E-state index < -0.39 is 0 Å². The molecule has 0 saturated carbocycles. The zero-order valence-electron chi connectivity index (χ0n) is 21.3. The van der Waals surface area contributed by atoms with Crippen molar-refractivity contribution in [3.8, 4) is 0 Å². The van der Waals surface area contributed by atoms with Crippen LogP contribution in [0.5, 0.6) is 0 Å². The van der Waals surface area contributed by atoms with Gasteiger partial charge in [0.25, 0.3) is 0 Å². The molecular weight excluding hydrogens is 384 g/mol. The van der Waals surface area contributed by atoms with Gasteiger partial charge in [-0.1, -0.05) is 85.0 Å². The Morgan fingerprint density at radius 3 is 2.06 bits per heavy atom. The number of nitrogens with zero attached hydrogens (tertiary/aromatic N) is 2. The summed E-state index contributed by atoms with van der Waals surface area (Å²) >= 11 is 0. The lowest BCUT2D eigenvalue weighted by atomic mass is 9.85. The highest BCUT2D eigenvalue weighted by atomic mass is 16.2. The van der Waals surface area contributed by atoms with Crippen molar-refractivity contribution in [2.24, 2.45) is 11.8 Å². The van der Waals surface area contributed by atoms with Gasteiger partial charge in [-0.25, -0.2) is 0 Å². The van der Waals surface area contributed by atoms with E-state index in [9.17, 15) is 9.59 Å². The lowest BCUT2D eigenvalue weighted by Crippen LogP contribution is -2.57. The second-order valence-electron chi connectivity index (χ2n) is 11.3.